The van der Waals surface area contributed by atoms with Crippen LogP contribution in [0, 0.1) is 5.21 Å². The molecular formula is C26H53N2O3-. The van der Waals surface area contributed by atoms with Crippen molar-refractivity contribution < 1.29 is 9.90 Å². The molecule has 0 spiro atoms. The molecule has 0 atom stereocenters. The second kappa shape index (κ2) is 24.0. The summed E-state index contributed by atoms with van der Waals surface area (Å²) in [6.07, 6.45) is 21.5. The largest absolute Gasteiger partial charge is 0.785 e. The molecule has 0 aromatic carbocycles. The summed E-state index contributed by atoms with van der Waals surface area (Å²) in [6.45, 7) is 5.47. The van der Waals surface area contributed by atoms with E-state index in [0.717, 1.165) is 37.2 Å². The Hall–Kier alpha value is -0.650. The molecule has 0 saturated heterocycles. The zero-order chi connectivity index (χ0) is 23.0. The number of carbonyl (C=O) groups excluding carboxylic acids is 1. The lowest BCUT2D eigenvalue weighted by Crippen LogP contribution is -2.34. The second-order valence-electron chi connectivity index (χ2n) is 9.19. The lowest BCUT2D eigenvalue weighted by Gasteiger charge is -2.27. The molecule has 0 bridgehead atoms. The number of amides is 1. The smallest absolute Gasteiger partial charge is 0.220 e. The molecule has 5 heteroatoms. The summed E-state index contributed by atoms with van der Waals surface area (Å²) in [7, 11) is 0. The number of aliphatic hydroxyl groups excluding tert-OH is 1. The first-order valence-electron chi connectivity index (χ1n) is 13.5. The van der Waals surface area contributed by atoms with Crippen LogP contribution >= 0.6 is 0 Å². The Morgan fingerprint density at radius 2 is 1.23 bits per heavy atom. The molecule has 0 fully saturated rings. The van der Waals surface area contributed by atoms with Gasteiger partial charge in [0.2, 0.25) is 5.91 Å². The fourth-order valence-electron chi connectivity index (χ4n) is 4.04. The fourth-order valence-corrected chi connectivity index (χ4v) is 4.04. The first-order chi connectivity index (χ1) is 15.1. The first kappa shape index (κ1) is 30.4. The van der Waals surface area contributed by atoms with Gasteiger partial charge in [-0.1, -0.05) is 97.3 Å². The predicted molar refractivity (Wildman–Crippen MR) is 133 cm³/mol. The molecule has 0 aliphatic carbocycles. The summed E-state index contributed by atoms with van der Waals surface area (Å²) < 4.78 is 0. The molecule has 0 aliphatic rings. The van der Waals surface area contributed by atoms with Crippen LogP contribution in [0.25, 0.3) is 0 Å². The molecule has 31 heavy (non-hydrogen) atoms. The minimum atomic E-state index is 0.0670. The molecule has 0 aromatic rings. The Kier molecular flexibility index (Phi) is 23.5. The highest BCUT2D eigenvalue weighted by Crippen LogP contribution is 2.15. The van der Waals surface area contributed by atoms with Gasteiger partial charge in [-0.15, -0.1) is 0 Å². The Bertz CT molecular complexity index is 364. The third-order valence-corrected chi connectivity index (χ3v) is 6.05. The molecular weight excluding hydrogens is 388 g/mol. The van der Waals surface area contributed by atoms with Gasteiger partial charge in [-0.05, 0) is 45.2 Å². The summed E-state index contributed by atoms with van der Waals surface area (Å²) in [4.78, 5) is 12.4. The lowest BCUT2D eigenvalue weighted by molar-refractivity contribution is -0.122. The number of hydroxylamine groups is 2. The van der Waals surface area contributed by atoms with Crippen LogP contribution in [0.4, 0.5) is 0 Å². The van der Waals surface area contributed by atoms with E-state index in [1.807, 2.05) is 0 Å². The molecule has 2 N–H and O–H groups in total. The van der Waals surface area contributed by atoms with Crippen molar-refractivity contribution in [3.8, 4) is 0 Å². The Balaban J connectivity index is 4.04. The van der Waals surface area contributed by atoms with E-state index in [0.29, 0.717) is 32.0 Å². The number of unbranched alkanes of at least 4 members (excludes halogenated alkanes) is 12. The van der Waals surface area contributed by atoms with Crippen LogP contribution in [0.2, 0.25) is 0 Å². The molecule has 186 valence electrons. The van der Waals surface area contributed by atoms with E-state index in [1.54, 1.807) is 0 Å². The van der Waals surface area contributed by atoms with Gasteiger partial charge in [-0.3, -0.25) is 4.79 Å². The fraction of sp³-hybridized carbons (Fsp3) is 0.962. The number of hydrogen-bond donors (Lipinski definition) is 2. The van der Waals surface area contributed by atoms with Gasteiger partial charge in [0.1, 0.15) is 0 Å². The van der Waals surface area contributed by atoms with Crippen molar-refractivity contribution in [3.05, 3.63) is 5.21 Å². The maximum atomic E-state index is 12.4. The van der Waals surface area contributed by atoms with E-state index in [9.17, 15) is 10.0 Å². The van der Waals surface area contributed by atoms with E-state index >= 15 is 0 Å². The predicted octanol–water partition coefficient (Wildman–Crippen LogP) is 6.72. The average Bonchev–Trinajstić information content (AvgIpc) is 2.76. The molecule has 0 aromatic heterocycles. The number of rotatable bonds is 24. The molecule has 1 amide bonds. The normalized spacial score (nSPS) is 11.5. The third kappa shape index (κ3) is 22.3. The van der Waals surface area contributed by atoms with Crippen LogP contribution in [-0.4, -0.2) is 41.8 Å². The summed E-state index contributed by atoms with van der Waals surface area (Å²) in [5.74, 6) is 0.182. The van der Waals surface area contributed by atoms with Gasteiger partial charge in [0.05, 0.1) is 0 Å². The molecule has 0 aliphatic heterocycles. The Labute approximate surface area is 193 Å². The Morgan fingerprint density at radius 3 is 1.77 bits per heavy atom. The van der Waals surface area contributed by atoms with Gasteiger partial charge in [0, 0.05) is 19.1 Å². The summed E-state index contributed by atoms with van der Waals surface area (Å²) in [6, 6.07) is 0.334. The van der Waals surface area contributed by atoms with Gasteiger partial charge in [0.15, 0.2) is 0 Å². The zero-order valence-electron chi connectivity index (χ0n) is 20.8. The van der Waals surface area contributed by atoms with E-state index in [1.165, 1.54) is 77.0 Å². The van der Waals surface area contributed by atoms with Gasteiger partial charge >= 0.3 is 0 Å². The monoisotopic (exact) mass is 441 g/mol. The first-order valence-corrected chi connectivity index (χ1v) is 13.5. The van der Waals surface area contributed by atoms with Crippen molar-refractivity contribution in [2.24, 2.45) is 0 Å². The van der Waals surface area contributed by atoms with E-state index in [-0.39, 0.29) is 12.5 Å². The van der Waals surface area contributed by atoms with Gasteiger partial charge in [-0.2, -0.15) is 0 Å². The second-order valence-corrected chi connectivity index (χ2v) is 9.19. The molecule has 5 nitrogen and oxygen atoms in total. The third-order valence-electron chi connectivity index (χ3n) is 6.05. The molecule has 0 rings (SSSR count). The van der Waals surface area contributed by atoms with Crippen LogP contribution in [0.15, 0.2) is 0 Å². The topological polar surface area (TPSA) is 75.6 Å². The standard InChI is InChI=1S/C26H53N2O3/c1-3-5-7-9-11-14-19-25(20-15-12-10-8-6-4-2)27-26(30)21-16-13-17-22-28(31)23-18-24-29/h25,29H,3-24H2,1-2H3,(H,27,30)/q-1. The maximum absolute atomic E-state index is 12.4. The molecule has 0 heterocycles. The summed E-state index contributed by atoms with van der Waals surface area (Å²) in [5, 5.41) is 24.6. The zero-order valence-corrected chi connectivity index (χ0v) is 20.8. The van der Waals surface area contributed by atoms with Crippen molar-refractivity contribution >= 4 is 5.91 Å². The van der Waals surface area contributed by atoms with Gasteiger partial charge in [-0.25, -0.2) is 0 Å². The Morgan fingerprint density at radius 1 is 0.742 bits per heavy atom. The van der Waals surface area contributed by atoms with Crippen LogP contribution in [0.1, 0.15) is 136 Å². The van der Waals surface area contributed by atoms with Crippen molar-refractivity contribution in [2.45, 2.75) is 142 Å². The summed E-state index contributed by atoms with van der Waals surface area (Å²) in [5.41, 5.74) is 0. The molecule has 0 saturated carbocycles. The van der Waals surface area contributed by atoms with Crippen LogP contribution in [-0.2, 0) is 4.79 Å². The van der Waals surface area contributed by atoms with Crippen LogP contribution in [0.5, 0.6) is 0 Å². The van der Waals surface area contributed by atoms with Gasteiger partial charge in [0.25, 0.3) is 0 Å². The van der Waals surface area contributed by atoms with Gasteiger partial charge < -0.3 is 20.7 Å². The quantitative estimate of drug-likeness (QED) is 0.129. The highest BCUT2D eigenvalue weighted by molar-refractivity contribution is 5.76. The number of hydrogen-bond acceptors (Lipinski definition) is 4. The number of nitrogens with one attached hydrogen (secondary N) is 1. The van der Waals surface area contributed by atoms with Crippen LogP contribution < -0.4 is 5.32 Å². The van der Waals surface area contributed by atoms with Crippen molar-refractivity contribution in [1.29, 1.82) is 0 Å². The number of nitrogens with zero attached hydrogens (tertiary/aromatic N) is 1. The highest BCUT2D eigenvalue weighted by atomic mass is 16.5. The maximum Gasteiger partial charge on any atom is 0.220 e. The highest BCUT2D eigenvalue weighted by Gasteiger charge is 2.12. The summed E-state index contributed by atoms with van der Waals surface area (Å²) >= 11 is 0. The molecule has 0 radical (unpaired) electrons. The van der Waals surface area contributed by atoms with Crippen molar-refractivity contribution in [1.82, 2.24) is 10.4 Å². The lowest BCUT2D eigenvalue weighted by atomic mass is 9.99. The van der Waals surface area contributed by atoms with E-state index < -0.39 is 0 Å². The minimum absolute atomic E-state index is 0.0670. The average molecular weight is 442 g/mol. The van der Waals surface area contributed by atoms with Crippen molar-refractivity contribution in [3.63, 3.8) is 0 Å². The van der Waals surface area contributed by atoms with Crippen molar-refractivity contribution in [2.75, 3.05) is 19.7 Å². The number of aliphatic hydroxyl groups is 1. The SMILES string of the molecule is CCCCCCCCC(CCCCCCCC)NC(=O)CCCCCN([O-])CCCO. The van der Waals surface area contributed by atoms with Crippen LogP contribution in [0.3, 0.4) is 0 Å². The van der Waals surface area contributed by atoms with E-state index in [2.05, 4.69) is 19.2 Å². The molecule has 0 unspecified atom stereocenters. The minimum Gasteiger partial charge on any atom is -0.785 e. The number of carbonyl (C=O) groups is 1. The van der Waals surface area contributed by atoms with E-state index in [4.69, 9.17) is 5.11 Å².